The molecule has 0 spiro atoms. The fraction of sp³-hybridized carbons (Fsp3) is 1.00. The van der Waals surface area contributed by atoms with Gasteiger partial charge in [0.2, 0.25) is 0 Å². The topological polar surface area (TPSA) is 437 Å². The van der Waals surface area contributed by atoms with Crippen LogP contribution in [0, 0.1) is 0 Å². The molecule has 115 heavy (non-hydrogen) atoms. The standard InChI is InChI=1S/C13H22O6.C12H20O6.2C11H20O5.2C10H18O6.C9H16O5/c1-12(2)15-6-7(17-12)8-9(14-5)10-11(16-8)19-13(3,4)18-10;1-11(2)14-5-6(16-11)8-7(13)9-10(15-8)18-12(3,4)17-9;2*1-5-11(6-12)8(13-4)7-9(16-11)15-10(2,3)14-7;1-9(2)14-6-7(13-3)10(4-11,5-12)16-8(6)15-9;1-10(2)15-8-7(13-3)6(5(12)4-11)14-9(8)16-10;1-9(2)13-6-5(10-3)7(11-4)12-8(6)14-9/h7-11H,6H2,1-5H3;6-10,13H,5H2,1-4H3;2*7-9,12H,5-6H2,1-4H3;6-8,11-12H,4-5H2,1-3H3;5-9,11-12H,4H2,1-3H3;5-8H,1-4H3/t7?,8-,9-,10-,11-;6?,7-,8-,9-,10-;7-,8+,9+,11+;7-,8+,9+,11-;6-,7+,8+;5?,6-,7-,8-,9-;5-,6+,7-,8+/m1111110/s1. The van der Waals surface area contributed by atoms with Gasteiger partial charge in [-0.05, 0) is 137 Å². The minimum Gasteiger partial charge on any atom is -0.394 e. The van der Waals surface area contributed by atoms with Gasteiger partial charge in [-0.2, -0.15) is 0 Å². The van der Waals surface area contributed by atoms with E-state index in [1.165, 1.54) is 14.2 Å². The summed E-state index contributed by atoms with van der Waals surface area (Å²) in [7, 11) is 11.0. The lowest BCUT2D eigenvalue weighted by Crippen LogP contribution is -2.51. The first-order valence-electron chi connectivity index (χ1n) is 39.5. The molecule has 0 bridgehead atoms. The first kappa shape index (κ1) is 95.7. The van der Waals surface area contributed by atoms with E-state index in [0.717, 1.165) is 0 Å². The first-order valence-corrected chi connectivity index (χ1v) is 39.5. The zero-order valence-corrected chi connectivity index (χ0v) is 71.7. The second kappa shape index (κ2) is 36.6. The summed E-state index contributed by atoms with van der Waals surface area (Å²) in [5.74, 6) is -5.91. The summed E-state index contributed by atoms with van der Waals surface area (Å²) in [4.78, 5) is 0. The number of aliphatic hydroxyl groups is 7. The first-order chi connectivity index (χ1) is 53.6. The second-order valence-corrected chi connectivity index (χ2v) is 34.8. The van der Waals surface area contributed by atoms with Crippen molar-refractivity contribution in [3.63, 3.8) is 0 Å². The van der Waals surface area contributed by atoms with Crippen molar-refractivity contribution in [2.45, 2.75) is 393 Å². The van der Waals surface area contributed by atoms with Gasteiger partial charge in [-0.1, -0.05) is 13.8 Å². The molecule has 0 saturated carbocycles. The number of ether oxygens (including phenoxy) is 32. The maximum Gasteiger partial charge on any atom is 0.193 e. The molecule has 0 aromatic rings. The number of methoxy groups -OCH3 is 7. The van der Waals surface area contributed by atoms with Crippen molar-refractivity contribution in [3.8, 4) is 0 Å². The number of hydrogen-bond acceptors (Lipinski definition) is 39. The molecule has 16 saturated heterocycles. The summed E-state index contributed by atoms with van der Waals surface area (Å²) >= 11 is 0. The maximum atomic E-state index is 10.3. The van der Waals surface area contributed by atoms with E-state index >= 15 is 0 Å². The highest BCUT2D eigenvalue weighted by molar-refractivity contribution is 5.07. The number of hydrogen-bond donors (Lipinski definition) is 7. The third kappa shape index (κ3) is 20.7. The van der Waals surface area contributed by atoms with Gasteiger partial charge in [0.1, 0.15) is 139 Å². The Bertz CT molecular complexity index is 2930. The van der Waals surface area contributed by atoms with Crippen LogP contribution in [0.3, 0.4) is 0 Å². The lowest BCUT2D eigenvalue weighted by Gasteiger charge is -2.33. The Hall–Kier alpha value is -1.56. The van der Waals surface area contributed by atoms with Gasteiger partial charge in [-0.3, -0.25) is 0 Å². The summed E-state index contributed by atoms with van der Waals surface area (Å²) in [6.45, 7) is 36.5. The number of fused-ring (bicyclic) bond motifs is 7. The second-order valence-electron chi connectivity index (χ2n) is 34.8. The molecule has 0 aromatic heterocycles. The largest absolute Gasteiger partial charge is 0.394 e. The van der Waals surface area contributed by atoms with E-state index in [2.05, 4.69) is 0 Å². The summed E-state index contributed by atoms with van der Waals surface area (Å²) in [5, 5.41) is 66.4. The fourth-order valence-corrected chi connectivity index (χ4v) is 17.1. The average Bonchev–Trinajstić information content (AvgIpc) is 1.59. The summed E-state index contributed by atoms with van der Waals surface area (Å²) < 4.78 is 179. The molecule has 0 amide bonds. The van der Waals surface area contributed by atoms with Gasteiger partial charge in [0.05, 0.1) is 46.2 Å². The quantitative estimate of drug-likeness (QED) is 0.109. The molecule has 39 heteroatoms. The van der Waals surface area contributed by atoms with Gasteiger partial charge in [0.25, 0.3) is 0 Å². The third-order valence-electron chi connectivity index (χ3n) is 22.3. The van der Waals surface area contributed by atoms with Gasteiger partial charge in [0.15, 0.2) is 102 Å². The van der Waals surface area contributed by atoms with Gasteiger partial charge >= 0.3 is 0 Å². The average molecular weight is 1670 g/mol. The SMILES string of the molecule is CC1(C)OCC([C@H]2O[C@@H]3OC(C)(C)O[C@@H]3[C@@H]2O)O1.CC[C@@]1(CO)O[C@@H]2OC(C)(C)O[C@@H]2[C@@H]1OC.CC[C@]1(CO)O[C@@H]2OC(C)(C)O[C@@H]2[C@@H]1OC.CO[C@H]1O[C@@H]2OC(C)(C)O[C@@H]2[C@@H]1OC.CO[C@H]1[C@H]2OC(C)(C)O[C@H]2OC1(CO)CO.CO[C@H]1[C@H]2OC(C)(C)O[C@H]2O[C@@H]1C(O)CO.CO[C@H]1[C@H]2OC(C)(C)O[C@H]2O[C@@H]1C1COC(C)(C)O1. The molecule has 0 aromatic carbocycles. The molecule has 16 heterocycles. The summed E-state index contributed by atoms with van der Waals surface area (Å²) in [5.41, 5.74) is -2.57. The Balaban J connectivity index is 0.000000142. The molecule has 7 N–H and O–H groups in total. The van der Waals surface area contributed by atoms with Crippen LogP contribution in [0.5, 0.6) is 0 Å². The molecule has 30 atom stereocenters. The molecule has 672 valence electrons. The number of rotatable bonds is 17. The van der Waals surface area contributed by atoms with E-state index in [0.29, 0.717) is 26.1 Å². The van der Waals surface area contributed by atoms with Crippen molar-refractivity contribution in [3.05, 3.63) is 0 Å². The van der Waals surface area contributed by atoms with Crippen molar-refractivity contribution in [2.75, 3.05) is 96.0 Å². The monoisotopic (exact) mass is 1670 g/mol. The minimum absolute atomic E-state index is 0.0951. The zero-order valence-electron chi connectivity index (χ0n) is 71.7. The third-order valence-corrected chi connectivity index (χ3v) is 22.3. The Morgan fingerprint density at radius 1 is 0.296 bits per heavy atom. The predicted octanol–water partition coefficient (Wildman–Crippen LogP) is 1.65. The molecule has 0 aliphatic carbocycles. The summed E-state index contributed by atoms with van der Waals surface area (Å²) in [6.07, 6.45) is -10.3. The van der Waals surface area contributed by atoms with Gasteiger partial charge in [0, 0.05) is 49.8 Å². The Morgan fingerprint density at radius 3 is 0.930 bits per heavy atom. The molecular formula is C76H134O39. The van der Waals surface area contributed by atoms with Gasteiger partial charge in [-0.25, -0.2) is 0 Å². The van der Waals surface area contributed by atoms with Crippen LogP contribution in [0.1, 0.15) is 151 Å². The van der Waals surface area contributed by atoms with Crippen LogP contribution >= 0.6 is 0 Å². The van der Waals surface area contributed by atoms with Crippen molar-refractivity contribution in [2.24, 2.45) is 0 Å². The van der Waals surface area contributed by atoms with Crippen molar-refractivity contribution < 1.29 is 187 Å². The van der Waals surface area contributed by atoms with Crippen molar-refractivity contribution in [1.29, 1.82) is 0 Å². The molecule has 16 fully saturated rings. The van der Waals surface area contributed by atoms with E-state index in [4.69, 9.17) is 157 Å². The highest BCUT2D eigenvalue weighted by atomic mass is 16.9. The van der Waals surface area contributed by atoms with E-state index in [9.17, 15) is 30.6 Å². The van der Waals surface area contributed by atoms with Crippen molar-refractivity contribution in [1.82, 2.24) is 0 Å². The van der Waals surface area contributed by atoms with E-state index in [1.807, 2.05) is 96.9 Å². The van der Waals surface area contributed by atoms with E-state index < -0.39 is 162 Å². The smallest absolute Gasteiger partial charge is 0.193 e. The lowest BCUT2D eigenvalue weighted by atomic mass is 9.93. The Morgan fingerprint density at radius 2 is 0.600 bits per heavy atom. The molecule has 16 rings (SSSR count). The van der Waals surface area contributed by atoms with Crippen LogP contribution in [-0.2, 0) is 152 Å². The Kier molecular flexibility index (Phi) is 30.4. The van der Waals surface area contributed by atoms with E-state index in [1.54, 1.807) is 77.1 Å². The molecule has 39 nitrogen and oxygen atoms in total. The van der Waals surface area contributed by atoms with E-state index in [-0.39, 0.29) is 113 Å². The summed E-state index contributed by atoms with van der Waals surface area (Å²) in [6, 6.07) is 0. The van der Waals surface area contributed by atoms with Crippen LogP contribution in [0.2, 0.25) is 0 Å². The van der Waals surface area contributed by atoms with Crippen LogP contribution in [0.15, 0.2) is 0 Å². The zero-order chi connectivity index (χ0) is 85.2. The maximum absolute atomic E-state index is 10.3. The highest BCUT2D eigenvalue weighted by Crippen LogP contribution is 2.50. The fourth-order valence-electron chi connectivity index (χ4n) is 17.1. The molecule has 3 unspecified atom stereocenters. The number of aliphatic hydroxyl groups excluding tert-OH is 7. The molecule has 16 aliphatic heterocycles. The van der Waals surface area contributed by atoms with Gasteiger partial charge < -0.3 is 187 Å². The Labute approximate surface area is 673 Å². The van der Waals surface area contributed by atoms with Gasteiger partial charge in [-0.15, -0.1) is 0 Å². The highest BCUT2D eigenvalue weighted by Gasteiger charge is 2.67. The van der Waals surface area contributed by atoms with Crippen molar-refractivity contribution >= 4 is 0 Å². The van der Waals surface area contributed by atoms with Crippen LogP contribution in [0.25, 0.3) is 0 Å². The molecule has 0 radical (unpaired) electrons. The lowest BCUT2D eigenvalue weighted by molar-refractivity contribution is -0.257. The van der Waals surface area contributed by atoms with Crippen LogP contribution < -0.4 is 0 Å². The normalized spacial score (nSPS) is 45.5. The predicted molar refractivity (Wildman–Crippen MR) is 387 cm³/mol. The van der Waals surface area contributed by atoms with Crippen LogP contribution in [0.4, 0.5) is 0 Å². The van der Waals surface area contributed by atoms with Crippen LogP contribution in [-0.4, -0.2) is 373 Å². The molecular weight excluding hydrogens is 1540 g/mol. The molecule has 16 aliphatic rings. The minimum atomic E-state index is -1.15.